The number of hydrogen-bond donors (Lipinski definition) is 1. The molecule has 0 radical (unpaired) electrons. The molecule has 0 saturated heterocycles. The fourth-order valence-electron chi connectivity index (χ4n) is 1.92. The fourth-order valence-corrected chi connectivity index (χ4v) is 1.92. The second-order valence-corrected chi connectivity index (χ2v) is 3.84. The van der Waals surface area contributed by atoms with Gasteiger partial charge in [0, 0.05) is 11.9 Å². The highest BCUT2D eigenvalue weighted by molar-refractivity contribution is 5.83. The number of aryl methyl sites for hydroxylation is 1. The van der Waals surface area contributed by atoms with E-state index in [4.69, 9.17) is 4.74 Å². The van der Waals surface area contributed by atoms with Gasteiger partial charge in [-0.3, -0.25) is 4.79 Å². The summed E-state index contributed by atoms with van der Waals surface area (Å²) in [7, 11) is 1.43. The monoisotopic (exact) mass is 194 g/mol. The predicted octanol–water partition coefficient (Wildman–Crippen LogP) is 1.31. The molecule has 1 fully saturated rings. The summed E-state index contributed by atoms with van der Waals surface area (Å²) in [5.74, 6) is 0.589. The van der Waals surface area contributed by atoms with Crippen LogP contribution in [0, 0.1) is 6.92 Å². The molecule has 0 bridgehead atoms. The van der Waals surface area contributed by atoms with E-state index < -0.39 is 5.41 Å². The first kappa shape index (κ1) is 9.24. The fraction of sp³-hybridized carbons (Fsp3) is 0.600. The highest BCUT2D eigenvalue weighted by atomic mass is 16.5. The van der Waals surface area contributed by atoms with E-state index in [1.165, 1.54) is 7.11 Å². The van der Waals surface area contributed by atoms with E-state index >= 15 is 0 Å². The van der Waals surface area contributed by atoms with Crippen molar-refractivity contribution in [1.29, 1.82) is 0 Å². The van der Waals surface area contributed by atoms with Gasteiger partial charge in [0.2, 0.25) is 0 Å². The van der Waals surface area contributed by atoms with Gasteiger partial charge in [0.05, 0.1) is 7.11 Å². The number of carbonyl (C=O) groups excluding carboxylic acids is 1. The molecule has 1 saturated carbocycles. The molecular weight excluding hydrogens is 180 g/mol. The number of H-pyrrole nitrogens is 1. The van der Waals surface area contributed by atoms with Crippen LogP contribution >= 0.6 is 0 Å². The molecular formula is C10H14N2O2. The Bertz CT molecular complexity index is 353. The van der Waals surface area contributed by atoms with Crippen LogP contribution in [0.25, 0.3) is 0 Å². The third-order valence-corrected chi connectivity index (χ3v) is 2.94. The van der Waals surface area contributed by atoms with Crippen LogP contribution in [-0.4, -0.2) is 23.0 Å². The molecule has 0 spiro atoms. The van der Waals surface area contributed by atoms with Gasteiger partial charge in [-0.05, 0) is 19.8 Å². The molecule has 4 heteroatoms. The molecule has 76 valence electrons. The van der Waals surface area contributed by atoms with Gasteiger partial charge < -0.3 is 9.72 Å². The Kier molecular flexibility index (Phi) is 2.06. The number of esters is 1. The quantitative estimate of drug-likeness (QED) is 0.722. The second kappa shape index (κ2) is 3.12. The first-order valence-corrected chi connectivity index (χ1v) is 4.79. The number of rotatable bonds is 2. The zero-order valence-electron chi connectivity index (χ0n) is 8.46. The maximum Gasteiger partial charge on any atom is 0.319 e. The van der Waals surface area contributed by atoms with E-state index in [1.54, 1.807) is 6.20 Å². The van der Waals surface area contributed by atoms with Crippen molar-refractivity contribution in [3.05, 3.63) is 17.7 Å². The van der Waals surface area contributed by atoms with Crippen LogP contribution in [0.1, 0.15) is 30.8 Å². The van der Waals surface area contributed by atoms with Gasteiger partial charge in [-0.15, -0.1) is 0 Å². The molecule has 4 nitrogen and oxygen atoms in total. The molecule has 0 amide bonds. The Morgan fingerprint density at radius 3 is 2.71 bits per heavy atom. The Morgan fingerprint density at radius 1 is 1.64 bits per heavy atom. The molecule has 0 unspecified atom stereocenters. The normalized spacial score (nSPS) is 18.7. The highest BCUT2D eigenvalue weighted by Crippen LogP contribution is 2.43. The number of carbonyl (C=O) groups is 1. The Hall–Kier alpha value is -1.32. The van der Waals surface area contributed by atoms with Gasteiger partial charge in [-0.25, -0.2) is 4.98 Å². The van der Waals surface area contributed by atoms with E-state index in [-0.39, 0.29) is 5.97 Å². The van der Waals surface area contributed by atoms with Gasteiger partial charge in [0.25, 0.3) is 0 Å². The Morgan fingerprint density at radius 2 is 2.36 bits per heavy atom. The summed E-state index contributed by atoms with van der Waals surface area (Å²) in [6.45, 7) is 1.93. The van der Waals surface area contributed by atoms with Crippen LogP contribution in [0.2, 0.25) is 0 Å². The summed E-state index contributed by atoms with van der Waals surface area (Å²) in [4.78, 5) is 19.0. The lowest BCUT2D eigenvalue weighted by Crippen LogP contribution is -2.44. The van der Waals surface area contributed by atoms with Crippen molar-refractivity contribution >= 4 is 5.97 Å². The molecule has 1 N–H and O–H groups in total. The van der Waals surface area contributed by atoms with E-state index in [1.807, 2.05) is 6.92 Å². The highest BCUT2D eigenvalue weighted by Gasteiger charge is 2.49. The first-order chi connectivity index (χ1) is 6.69. The Balaban J connectivity index is 2.33. The predicted molar refractivity (Wildman–Crippen MR) is 50.9 cm³/mol. The molecule has 2 rings (SSSR count). The molecule has 0 aromatic carbocycles. The smallest absolute Gasteiger partial charge is 0.319 e. The summed E-state index contributed by atoms with van der Waals surface area (Å²) in [5, 5.41) is 0. The maximum absolute atomic E-state index is 11.6. The van der Waals surface area contributed by atoms with Crippen molar-refractivity contribution in [2.75, 3.05) is 7.11 Å². The van der Waals surface area contributed by atoms with Crippen LogP contribution in [0.4, 0.5) is 0 Å². The van der Waals surface area contributed by atoms with E-state index in [0.29, 0.717) is 0 Å². The lowest BCUT2D eigenvalue weighted by atomic mass is 9.68. The summed E-state index contributed by atoms with van der Waals surface area (Å²) in [6.07, 6.45) is 4.49. The molecule has 1 aromatic rings. The van der Waals surface area contributed by atoms with Crippen LogP contribution in [-0.2, 0) is 14.9 Å². The minimum atomic E-state index is -0.483. The van der Waals surface area contributed by atoms with Gasteiger partial charge in [0.1, 0.15) is 11.2 Å². The third kappa shape index (κ3) is 1.14. The number of methoxy groups -OCH3 is 1. The molecule has 1 aliphatic carbocycles. The van der Waals surface area contributed by atoms with Crippen molar-refractivity contribution in [3.63, 3.8) is 0 Å². The number of nitrogens with one attached hydrogen (secondary N) is 1. The summed E-state index contributed by atoms with van der Waals surface area (Å²) in [5.41, 5.74) is 0.499. The molecule has 1 aromatic heterocycles. The summed E-state index contributed by atoms with van der Waals surface area (Å²) in [6, 6.07) is 0. The van der Waals surface area contributed by atoms with Crippen LogP contribution < -0.4 is 0 Å². The van der Waals surface area contributed by atoms with Crippen molar-refractivity contribution in [3.8, 4) is 0 Å². The van der Waals surface area contributed by atoms with Crippen LogP contribution in [0.5, 0.6) is 0 Å². The zero-order valence-corrected chi connectivity index (χ0v) is 8.46. The first-order valence-electron chi connectivity index (χ1n) is 4.79. The van der Waals surface area contributed by atoms with Crippen molar-refractivity contribution in [2.45, 2.75) is 31.6 Å². The van der Waals surface area contributed by atoms with Gasteiger partial charge in [-0.1, -0.05) is 6.42 Å². The van der Waals surface area contributed by atoms with Gasteiger partial charge in [0.15, 0.2) is 0 Å². The van der Waals surface area contributed by atoms with Crippen LogP contribution in [0.15, 0.2) is 6.20 Å². The number of hydrogen-bond acceptors (Lipinski definition) is 3. The molecule has 14 heavy (non-hydrogen) atoms. The number of aromatic nitrogens is 2. The largest absolute Gasteiger partial charge is 0.468 e. The Labute approximate surface area is 82.7 Å². The standard InChI is InChI=1S/C10H14N2O2/c1-7-6-11-8(12-7)10(4-3-5-10)9(13)14-2/h6H,3-5H2,1-2H3,(H,11,12). The molecule has 0 aliphatic heterocycles. The zero-order chi connectivity index (χ0) is 10.2. The van der Waals surface area contributed by atoms with E-state index in [0.717, 1.165) is 30.8 Å². The third-order valence-electron chi connectivity index (χ3n) is 2.94. The minimum Gasteiger partial charge on any atom is -0.468 e. The minimum absolute atomic E-state index is 0.168. The lowest BCUT2D eigenvalue weighted by molar-refractivity contribution is -0.151. The second-order valence-electron chi connectivity index (χ2n) is 3.84. The van der Waals surface area contributed by atoms with Crippen molar-refractivity contribution in [1.82, 2.24) is 9.97 Å². The molecule has 1 aliphatic rings. The average molecular weight is 194 g/mol. The van der Waals surface area contributed by atoms with Crippen LogP contribution in [0.3, 0.4) is 0 Å². The summed E-state index contributed by atoms with van der Waals surface area (Å²) >= 11 is 0. The van der Waals surface area contributed by atoms with Gasteiger partial charge >= 0.3 is 5.97 Å². The SMILES string of the molecule is COC(=O)C1(c2ncc(C)[nH]2)CCC1. The van der Waals surface area contributed by atoms with E-state index in [9.17, 15) is 4.79 Å². The number of nitrogens with zero attached hydrogens (tertiary/aromatic N) is 1. The maximum atomic E-state index is 11.6. The number of ether oxygens (including phenoxy) is 1. The average Bonchev–Trinajstić information content (AvgIpc) is 2.50. The van der Waals surface area contributed by atoms with E-state index in [2.05, 4.69) is 9.97 Å². The lowest BCUT2D eigenvalue weighted by Gasteiger charge is -2.36. The molecule has 1 heterocycles. The number of aromatic amines is 1. The molecule has 0 atom stereocenters. The van der Waals surface area contributed by atoms with Crippen molar-refractivity contribution in [2.24, 2.45) is 0 Å². The topological polar surface area (TPSA) is 55.0 Å². The summed E-state index contributed by atoms with van der Waals surface area (Å²) < 4.78 is 4.82. The van der Waals surface area contributed by atoms with Gasteiger partial charge in [-0.2, -0.15) is 0 Å². The number of imidazole rings is 1. The van der Waals surface area contributed by atoms with Crippen molar-refractivity contribution < 1.29 is 9.53 Å².